The molecule has 0 N–H and O–H groups in total. The SMILES string of the molecule is COc1ccc(N2C(=O)N(c3cc(C)cc(C)c3)C3CS(=O)(=O)CC32)cc1. The lowest BCUT2D eigenvalue weighted by atomic mass is 10.1. The Kier molecular flexibility index (Phi) is 4.14. The molecule has 2 aromatic rings. The van der Waals surface area contributed by atoms with E-state index in [0.29, 0.717) is 11.4 Å². The lowest BCUT2D eigenvalue weighted by Gasteiger charge is -2.23. The molecule has 4 rings (SSSR count). The van der Waals surface area contributed by atoms with E-state index in [1.807, 2.05) is 32.0 Å². The van der Waals surface area contributed by atoms with Gasteiger partial charge in [-0.05, 0) is 61.4 Å². The molecule has 0 radical (unpaired) electrons. The van der Waals surface area contributed by atoms with E-state index in [2.05, 4.69) is 0 Å². The molecule has 0 saturated carbocycles. The van der Waals surface area contributed by atoms with Crippen LogP contribution in [0.2, 0.25) is 0 Å². The molecule has 0 aromatic heterocycles. The fourth-order valence-corrected chi connectivity index (χ4v) is 6.06. The van der Waals surface area contributed by atoms with Gasteiger partial charge in [-0.2, -0.15) is 0 Å². The highest BCUT2D eigenvalue weighted by Crippen LogP contribution is 2.38. The molecule has 0 spiro atoms. The van der Waals surface area contributed by atoms with Crippen molar-refractivity contribution in [3.05, 3.63) is 53.6 Å². The van der Waals surface area contributed by atoms with E-state index in [1.165, 1.54) is 0 Å². The number of aryl methyl sites for hydroxylation is 2. The molecule has 0 bridgehead atoms. The van der Waals surface area contributed by atoms with Crippen LogP contribution >= 0.6 is 0 Å². The van der Waals surface area contributed by atoms with E-state index in [4.69, 9.17) is 4.74 Å². The number of methoxy groups -OCH3 is 1. The minimum Gasteiger partial charge on any atom is -0.497 e. The predicted octanol–water partition coefficient (Wildman–Crippen LogP) is 2.92. The lowest BCUT2D eigenvalue weighted by Crippen LogP contribution is -2.38. The number of rotatable bonds is 3. The molecule has 2 amide bonds. The van der Waals surface area contributed by atoms with E-state index < -0.39 is 15.9 Å². The molecular weight excluding hydrogens is 364 g/mol. The Morgan fingerprint density at radius 2 is 1.41 bits per heavy atom. The fourth-order valence-electron chi connectivity index (χ4n) is 4.14. The molecule has 2 fully saturated rings. The summed E-state index contributed by atoms with van der Waals surface area (Å²) in [6, 6.07) is 12.1. The van der Waals surface area contributed by atoms with Crippen molar-refractivity contribution >= 4 is 27.2 Å². The summed E-state index contributed by atoms with van der Waals surface area (Å²) < 4.78 is 29.9. The zero-order valence-electron chi connectivity index (χ0n) is 15.5. The number of hydrogen-bond acceptors (Lipinski definition) is 4. The van der Waals surface area contributed by atoms with Crippen molar-refractivity contribution in [1.82, 2.24) is 0 Å². The van der Waals surface area contributed by atoms with Gasteiger partial charge in [-0.15, -0.1) is 0 Å². The minimum atomic E-state index is -3.20. The summed E-state index contributed by atoms with van der Waals surface area (Å²) in [6.07, 6.45) is 0. The Labute approximate surface area is 159 Å². The normalized spacial score (nSPS) is 23.6. The standard InChI is InChI=1S/C20H22N2O4S/c1-13-8-14(2)10-16(9-13)22-19-12-27(24,25)11-18(19)21(20(22)23)15-4-6-17(26-3)7-5-15/h4-10,18-19H,11-12H2,1-3H3. The number of fused-ring (bicyclic) bond motifs is 1. The van der Waals surface area contributed by atoms with Crippen molar-refractivity contribution in [3.8, 4) is 5.75 Å². The van der Waals surface area contributed by atoms with E-state index >= 15 is 0 Å². The monoisotopic (exact) mass is 386 g/mol. The van der Waals surface area contributed by atoms with Crippen molar-refractivity contribution < 1.29 is 17.9 Å². The van der Waals surface area contributed by atoms with Gasteiger partial charge in [0.1, 0.15) is 5.75 Å². The van der Waals surface area contributed by atoms with Crippen LogP contribution in [0, 0.1) is 13.8 Å². The number of hydrogen-bond donors (Lipinski definition) is 0. The van der Waals surface area contributed by atoms with Crippen LogP contribution in [-0.4, -0.2) is 45.1 Å². The number of carbonyl (C=O) groups is 1. The second-order valence-electron chi connectivity index (χ2n) is 7.28. The van der Waals surface area contributed by atoms with Gasteiger partial charge in [0.25, 0.3) is 0 Å². The van der Waals surface area contributed by atoms with Crippen LogP contribution in [0.25, 0.3) is 0 Å². The Morgan fingerprint density at radius 1 is 0.889 bits per heavy atom. The topological polar surface area (TPSA) is 66.9 Å². The van der Waals surface area contributed by atoms with Gasteiger partial charge in [-0.1, -0.05) is 6.07 Å². The van der Waals surface area contributed by atoms with E-state index in [9.17, 15) is 13.2 Å². The molecule has 27 heavy (non-hydrogen) atoms. The number of nitrogens with zero attached hydrogens (tertiary/aromatic N) is 2. The Hall–Kier alpha value is -2.54. The largest absolute Gasteiger partial charge is 0.497 e. The van der Waals surface area contributed by atoms with Crippen LogP contribution in [0.5, 0.6) is 5.75 Å². The van der Waals surface area contributed by atoms with Gasteiger partial charge in [0.2, 0.25) is 0 Å². The highest BCUT2D eigenvalue weighted by molar-refractivity contribution is 7.91. The second kappa shape index (κ2) is 6.27. The molecule has 2 aromatic carbocycles. The summed E-state index contributed by atoms with van der Waals surface area (Å²) >= 11 is 0. The van der Waals surface area contributed by atoms with E-state index in [-0.39, 0.29) is 23.6 Å². The summed E-state index contributed by atoms with van der Waals surface area (Å²) in [6.45, 7) is 3.95. The number of urea groups is 1. The molecule has 7 heteroatoms. The second-order valence-corrected chi connectivity index (χ2v) is 9.43. The predicted molar refractivity (Wildman–Crippen MR) is 105 cm³/mol. The van der Waals surface area contributed by atoms with E-state index in [1.54, 1.807) is 41.2 Å². The number of sulfone groups is 1. The Bertz CT molecular complexity index is 981. The van der Waals surface area contributed by atoms with Crippen LogP contribution in [-0.2, 0) is 9.84 Å². The van der Waals surface area contributed by atoms with Crippen molar-refractivity contribution in [2.45, 2.75) is 25.9 Å². The maximum absolute atomic E-state index is 13.3. The number of anilines is 2. The van der Waals surface area contributed by atoms with Crippen molar-refractivity contribution in [2.75, 3.05) is 28.4 Å². The smallest absolute Gasteiger partial charge is 0.329 e. The van der Waals surface area contributed by atoms with Crippen molar-refractivity contribution in [1.29, 1.82) is 0 Å². The summed E-state index contributed by atoms with van der Waals surface area (Å²) in [5, 5.41) is 0. The molecule has 2 aliphatic heterocycles. The summed E-state index contributed by atoms with van der Waals surface area (Å²) in [7, 11) is -1.62. The third kappa shape index (κ3) is 3.06. The molecule has 2 saturated heterocycles. The number of benzene rings is 2. The highest BCUT2D eigenvalue weighted by Gasteiger charge is 2.54. The Balaban J connectivity index is 1.80. The third-order valence-electron chi connectivity index (χ3n) is 5.20. The van der Waals surface area contributed by atoms with Crippen molar-refractivity contribution in [3.63, 3.8) is 0 Å². The van der Waals surface area contributed by atoms with Crippen LogP contribution in [0.15, 0.2) is 42.5 Å². The molecule has 2 aliphatic rings. The molecule has 6 nitrogen and oxygen atoms in total. The van der Waals surface area contributed by atoms with Gasteiger partial charge in [0.15, 0.2) is 9.84 Å². The van der Waals surface area contributed by atoms with Gasteiger partial charge in [0.05, 0.1) is 30.7 Å². The van der Waals surface area contributed by atoms with Gasteiger partial charge < -0.3 is 4.74 Å². The fraction of sp³-hybridized carbons (Fsp3) is 0.350. The molecule has 142 valence electrons. The van der Waals surface area contributed by atoms with Gasteiger partial charge in [0, 0.05) is 11.4 Å². The number of amides is 2. The maximum Gasteiger partial charge on any atom is 0.329 e. The van der Waals surface area contributed by atoms with Gasteiger partial charge in [-0.3, -0.25) is 9.80 Å². The first-order valence-electron chi connectivity index (χ1n) is 8.84. The van der Waals surface area contributed by atoms with Crippen LogP contribution in [0.4, 0.5) is 16.2 Å². The maximum atomic E-state index is 13.3. The Morgan fingerprint density at radius 3 is 1.93 bits per heavy atom. The lowest BCUT2D eigenvalue weighted by molar-refractivity contribution is 0.255. The first kappa shape index (κ1) is 17.9. The number of carbonyl (C=O) groups excluding carboxylic acids is 1. The summed E-state index contributed by atoms with van der Waals surface area (Å²) in [5.41, 5.74) is 3.51. The minimum absolute atomic E-state index is 0.0109. The van der Waals surface area contributed by atoms with Crippen LogP contribution < -0.4 is 14.5 Å². The molecule has 2 unspecified atom stereocenters. The van der Waals surface area contributed by atoms with Crippen molar-refractivity contribution in [2.24, 2.45) is 0 Å². The number of ether oxygens (including phenoxy) is 1. The molecule has 0 aliphatic carbocycles. The zero-order chi connectivity index (χ0) is 19.3. The zero-order valence-corrected chi connectivity index (χ0v) is 16.4. The molecule has 2 atom stereocenters. The van der Waals surface area contributed by atoms with Gasteiger partial charge >= 0.3 is 6.03 Å². The van der Waals surface area contributed by atoms with E-state index in [0.717, 1.165) is 16.8 Å². The first-order chi connectivity index (χ1) is 12.8. The molecular formula is C20H22N2O4S. The average Bonchev–Trinajstić information content (AvgIpc) is 3.02. The van der Waals surface area contributed by atoms with Gasteiger partial charge in [-0.25, -0.2) is 13.2 Å². The summed E-state index contributed by atoms with van der Waals surface area (Å²) in [4.78, 5) is 16.6. The quantitative estimate of drug-likeness (QED) is 0.761. The molecule has 2 heterocycles. The summed E-state index contributed by atoms with van der Waals surface area (Å²) in [5.74, 6) is 0.659. The average molecular weight is 386 g/mol. The third-order valence-corrected chi connectivity index (χ3v) is 6.90. The van der Waals surface area contributed by atoms with Crippen LogP contribution in [0.1, 0.15) is 11.1 Å². The highest BCUT2D eigenvalue weighted by atomic mass is 32.2. The first-order valence-corrected chi connectivity index (χ1v) is 10.7. The van der Waals surface area contributed by atoms with Crippen LogP contribution in [0.3, 0.4) is 0 Å².